The summed E-state index contributed by atoms with van der Waals surface area (Å²) in [6, 6.07) is 20.3. The van der Waals surface area contributed by atoms with Crippen molar-refractivity contribution in [1.82, 2.24) is 0 Å². The third kappa shape index (κ3) is 4.83. The average Bonchev–Trinajstić information content (AvgIpc) is 2.74. The molecule has 30 heavy (non-hydrogen) atoms. The van der Waals surface area contributed by atoms with Gasteiger partial charge < -0.3 is 5.32 Å². The summed E-state index contributed by atoms with van der Waals surface area (Å²) in [5.41, 5.74) is 2.95. The molecule has 0 aliphatic heterocycles. The van der Waals surface area contributed by atoms with Crippen molar-refractivity contribution in [1.29, 1.82) is 0 Å². The molecule has 0 unspecified atom stereocenters. The number of carbonyl (C=O) groups is 1. The van der Waals surface area contributed by atoms with Crippen LogP contribution in [0, 0.1) is 6.92 Å². The van der Waals surface area contributed by atoms with Crippen molar-refractivity contribution in [3.63, 3.8) is 0 Å². The number of hydrogen-bond acceptors (Lipinski definition) is 3. The van der Waals surface area contributed by atoms with E-state index in [0.717, 1.165) is 21.9 Å². The van der Waals surface area contributed by atoms with Gasteiger partial charge in [0.2, 0.25) is 5.91 Å². The van der Waals surface area contributed by atoms with E-state index in [1.54, 1.807) is 36.4 Å². The first-order valence-electron chi connectivity index (χ1n) is 9.54. The normalized spacial score (nSPS) is 11.2. The van der Waals surface area contributed by atoms with Crippen LogP contribution in [-0.4, -0.2) is 20.9 Å². The second-order valence-corrected chi connectivity index (χ2v) is 9.11. The maximum Gasteiger partial charge on any atom is 0.264 e. The molecule has 0 aromatic heterocycles. The van der Waals surface area contributed by atoms with Gasteiger partial charge in [0.05, 0.1) is 10.6 Å². The minimum Gasteiger partial charge on any atom is -0.324 e. The molecule has 0 aliphatic rings. The Morgan fingerprint density at radius 2 is 1.70 bits per heavy atom. The van der Waals surface area contributed by atoms with Crippen LogP contribution >= 0.6 is 11.6 Å². The lowest BCUT2D eigenvalue weighted by molar-refractivity contribution is -0.114. The molecule has 0 aliphatic carbocycles. The summed E-state index contributed by atoms with van der Waals surface area (Å²) in [6.07, 6.45) is 0.748. The fraction of sp³-hybridized carbons (Fsp3) is 0.174. The van der Waals surface area contributed by atoms with E-state index in [1.807, 2.05) is 32.0 Å². The number of amides is 1. The zero-order chi connectivity index (χ0) is 21.7. The molecular weight excluding hydrogens is 420 g/mol. The summed E-state index contributed by atoms with van der Waals surface area (Å²) in [7, 11) is -3.97. The van der Waals surface area contributed by atoms with Crippen LogP contribution in [-0.2, 0) is 21.2 Å². The summed E-state index contributed by atoms with van der Waals surface area (Å²) in [4.78, 5) is 13.0. The van der Waals surface area contributed by atoms with Crippen LogP contribution in [0.1, 0.15) is 18.1 Å². The molecule has 5 nitrogen and oxygen atoms in total. The summed E-state index contributed by atoms with van der Waals surface area (Å²) in [5, 5.41) is 3.27. The Morgan fingerprint density at radius 3 is 2.37 bits per heavy atom. The zero-order valence-electron chi connectivity index (χ0n) is 16.8. The molecule has 156 valence electrons. The highest BCUT2D eigenvalue weighted by Gasteiger charge is 2.27. The van der Waals surface area contributed by atoms with E-state index in [4.69, 9.17) is 11.6 Å². The maximum absolute atomic E-state index is 13.3. The maximum atomic E-state index is 13.3. The fourth-order valence-corrected chi connectivity index (χ4v) is 4.80. The van der Waals surface area contributed by atoms with Gasteiger partial charge in [0.15, 0.2) is 0 Å². The van der Waals surface area contributed by atoms with E-state index >= 15 is 0 Å². The molecule has 0 atom stereocenters. The van der Waals surface area contributed by atoms with E-state index in [0.29, 0.717) is 16.4 Å². The monoisotopic (exact) mass is 442 g/mol. The second kappa shape index (κ2) is 9.32. The first kappa shape index (κ1) is 21.9. The van der Waals surface area contributed by atoms with Crippen molar-refractivity contribution in [2.45, 2.75) is 25.2 Å². The lowest BCUT2D eigenvalue weighted by Crippen LogP contribution is -2.38. The van der Waals surface area contributed by atoms with Gasteiger partial charge in [-0.15, -0.1) is 0 Å². The minimum absolute atomic E-state index is 0.0999. The van der Waals surface area contributed by atoms with Crippen molar-refractivity contribution in [2.75, 3.05) is 16.2 Å². The predicted octanol–water partition coefficient (Wildman–Crippen LogP) is 5.04. The Bertz CT molecular complexity index is 1150. The minimum atomic E-state index is -3.97. The van der Waals surface area contributed by atoms with Crippen molar-refractivity contribution in [2.24, 2.45) is 0 Å². The fourth-order valence-electron chi connectivity index (χ4n) is 3.18. The van der Waals surface area contributed by atoms with E-state index in [2.05, 4.69) is 5.32 Å². The van der Waals surface area contributed by atoms with Crippen molar-refractivity contribution < 1.29 is 13.2 Å². The number of carbonyl (C=O) groups excluding carboxylic acids is 1. The van der Waals surface area contributed by atoms with Gasteiger partial charge in [-0.25, -0.2) is 8.42 Å². The Balaban J connectivity index is 1.97. The number of nitrogens with one attached hydrogen (secondary N) is 1. The Labute approximate surface area is 182 Å². The molecule has 0 heterocycles. The Hall–Kier alpha value is -2.83. The number of aryl methyl sites for hydroxylation is 2. The molecule has 0 radical (unpaired) electrons. The van der Waals surface area contributed by atoms with Gasteiger partial charge in [-0.1, -0.05) is 61.0 Å². The third-order valence-electron chi connectivity index (χ3n) is 4.72. The SMILES string of the molecule is CCc1cccc(C)c1NC(=O)CN(c1cccc(Cl)c1)S(=O)(=O)c1ccccc1. The number of anilines is 2. The number of nitrogens with zero attached hydrogens (tertiary/aromatic N) is 1. The molecule has 0 spiro atoms. The molecular formula is C23H23ClN2O3S. The molecule has 0 saturated carbocycles. The number of rotatable bonds is 7. The smallest absolute Gasteiger partial charge is 0.264 e. The molecule has 3 aromatic carbocycles. The average molecular weight is 443 g/mol. The number of benzene rings is 3. The van der Waals surface area contributed by atoms with Gasteiger partial charge in [-0.2, -0.15) is 0 Å². The van der Waals surface area contributed by atoms with Crippen molar-refractivity contribution in [3.05, 3.63) is 88.9 Å². The number of halogens is 1. The largest absolute Gasteiger partial charge is 0.324 e. The molecule has 3 rings (SSSR count). The second-order valence-electron chi connectivity index (χ2n) is 6.82. The van der Waals surface area contributed by atoms with Crippen LogP contribution in [0.5, 0.6) is 0 Å². The van der Waals surface area contributed by atoms with Crippen LogP contribution in [0.4, 0.5) is 11.4 Å². The molecule has 7 heteroatoms. The highest BCUT2D eigenvalue weighted by atomic mass is 35.5. The first-order chi connectivity index (χ1) is 14.3. The molecule has 3 aromatic rings. The quantitative estimate of drug-likeness (QED) is 0.557. The summed E-state index contributed by atoms with van der Waals surface area (Å²) < 4.78 is 27.7. The number of sulfonamides is 1. The molecule has 1 amide bonds. The van der Waals surface area contributed by atoms with Crippen LogP contribution in [0.25, 0.3) is 0 Å². The molecule has 0 bridgehead atoms. The lowest BCUT2D eigenvalue weighted by atomic mass is 10.1. The van der Waals surface area contributed by atoms with Gasteiger partial charge in [0, 0.05) is 10.7 Å². The highest BCUT2D eigenvalue weighted by Crippen LogP contribution is 2.27. The van der Waals surface area contributed by atoms with Crippen LogP contribution < -0.4 is 9.62 Å². The summed E-state index contributed by atoms with van der Waals surface area (Å²) >= 11 is 6.09. The predicted molar refractivity (Wildman–Crippen MR) is 122 cm³/mol. The van der Waals surface area contributed by atoms with Gasteiger partial charge in [-0.05, 0) is 54.8 Å². The summed E-state index contributed by atoms with van der Waals surface area (Å²) in [5.74, 6) is -0.432. The first-order valence-corrected chi connectivity index (χ1v) is 11.4. The van der Waals surface area contributed by atoms with E-state index in [9.17, 15) is 13.2 Å². The highest BCUT2D eigenvalue weighted by molar-refractivity contribution is 7.92. The van der Waals surface area contributed by atoms with Crippen molar-refractivity contribution in [3.8, 4) is 0 Å². The Morgan fingerprint density at radius 1 is 1.00 bits per heavy atom. The lowest BCUT2D eigenvalue weighted by Gasteiger charge is -2.24. The zero-order valence-corrected chi connectivity index (χ0v) is 18.4. The van der Waals surface area contributed by atoms with Gasteiger partial charge in [0.25, 0.3) is 10.0 Å². The number of para-hydroxylation sites is 1. The van der Waals surface area contributed by atoms with E-state index in [1.165, 1.54) is 18.2 Å². The van der Waals surface area contributed by atoms with Gasteiger partial charge >= 0.3 is 0 Å². The van der Waals surface area contributed by atoms with Crippen molar-refractivity contribution >= 4 is 38.9 Å². The van der Waals surface area contributed by atoms with E-state index in [-0.39, 0.29) is 11.4 Å². The molecule has 0 fully saturated rings. The van der Waals surface area contributed by atoms with Crippen LogP contribution in [0.15, 0.2) is 77.7 Å². The standard InChI is InChI=1S/C23H23ClN2O3S/c1-3-18-10-7-9-17(2)23(18)25-22(27)16-26(20-12-8-11-19(24)15-20)30(28,29)21-13-5-4-6-14-21/h4-15H,3,16H2,1-2H3,(H,25,27). The van der Waals surface area contributed by atoms with Crippen LogP contribution in [0.2, 0.25) is 5.02 Å². The number of hydrogen-bond donors (Lipinski definition) is 1. The van der Waals surface area contributed by atoms with E-state index < -0.39 is 15.9 Å². The molecule has 1 N–H and O–H groups in total. The van der Waals surface area contributed by atoms with Crippen LogP contribution in [0.3, 0.4) is 0 Å². The third-order valence-corrected chi connectivity index (χ3v) is 6.74. The Kier molecular flexibility index (Phi) is 6.80. The topological polar surface area (TPSA) is 66.5 Å². The summed E-state index contributed by atoms with van der Waals surface area (Å²) in [6.45, 7) is 3.53. The van der Waals surface area contributed by atoms with Gasteiger partial charge in [-0.3, -0.25) is 9.10 Å². The van der Waals surface area contributed by atoms with Gasteiger partial charge in [0.1, 0.15) is 6.54 Å². The molecule has 0 saturated heterocycles.